The lowest BCUT2D eigenvalue weighted by atomic mass is 10.2. The van der Waals surface area contributed by atoms with Crippen molar-refractivity contribution >= 4 is 12.0 Å². The molecule has 0 amide bonds. The zero-order valence-electron chi connectivity index (χ0n) is 12.7. The summed E-state index contributed by atoms with van der Waals surface area (Å²) in [5.41, 5.74) is 0.903. The summed E-state index contributed by atoms with van der Waals surface area (Å²) in [6.45, 7) is 4.34. The fourth-order valence-corrected chi connectivity index (χ4v) is 2.02. The van der Waals surface area contributed by atoms with Crippen LogP contribution in [0.25, 0.3) is 5.69 Å². The molecule has 0 aliphatic rings. The lowest BCUT2D eigenvalue weighted by molar-refractivity contribution is -0.384. The van der Waals surface area contributed by atoms with Crippen molar-refractivity contribution in [3.05, 3.63) is 45.8 Å². The molecule has 0 N–H and O–H groups in total. The van der Waals surface area contributed by atoms with Crippen molar-refractivity contribution < 1.29 is 19.2 Å². The molecular formula is C14H16N4O5. The van der Waals surface area contributed by atoms with E-state index in [1.807, 2.05) is 0 Å². The Morgan fingerprint density at radius 2 is 1.87 bits per heavy atom. The SMILES string of the molecule is CCOC(OCC)c1c(C=O)nnn1-c1ccc([N+](=O)[O-])cc1. The molecule has 1 aromatic heterocycles. The predicted octanol–water partition coefficient (Wildman–Crippen LogP) is 2.06. The summed E-state index contributed by atoms with van der Waals surface area (Å²) in [5, 5.41) is 18.5. The Balaban J connectivity index is 2.47. The fraction of sp³-hybridized carbons (Fsp3) is 0.357. The first-order valence-electron chi connectivity index (χ1n) is 7.01. The minimum absolute atomic E-state index is 0.0443. The van der Waals surface area contributed by atoms with Crippen LogP contribution in [0.3, 0.4) is 0 Å². The zero-order valence-corrected chi connectivity index (χ0v) is 12.7. The Labute approximate surface area is 132 Å². The highest BCUT2D eigenvalue weighted by molar-refractivity contribution is 5.73. The van der Waals surface area contributed by atoms with Crippen molar-refractivity contribution in [2.45, 2.75) is 20.1 Å². The standard InChI is InChI=1S/C14H16N4O5/c1-3-22-14(23-4-2)13-12(9-19)15-16-17(13)10-5-7-11(8-6-10)18(20)21/h5-9,14H,3-4H2,1-2H3. The molecule has 0 spiro atoms. The average Bonchev–Trinajstić information content (AvgIpc) is 2.98. The maximum atomic E-state index is 11.2. The summed E-state index contributed by atoms with van der Waals surface area (Å²) in [4.78, 5) is 21.4. The van der Waals surface area contributed by atoms with Gasteiger partial charge in [0.15, 0.2) is 12.0 Å². The molecule has 1 aromatic carbocycles. The van der Waals surface area contributed by atoms with Gasteiger partial charge in [0.2, 0.25) is 6.29 Å². The highest BCUT2D eigenvalue weighted by Crippen LogP contribution is 2.24. The number of nitro benzene ring substituents is 1. The van der Waals surface area contributed by atoms with Gasteiger partial charge in [-0.15, -0.1) is 5.10 Å². The number of hydrogen-bond acceptors (Lipinski definition) is 7. The van der Waals surface area contributed by atoms with E-state index >= 15 is 0 Å². The molecule has 9 nitrogen and oxygen atoms in total. The molecule has 2 rings (SSSR count). The van der Waals surface area contributed by atoms with E-state index in [9.17, 15) is 14.9 Å². The topological polar surface area (TPSA) is 109 Å². The molecule has 0 atom stereocenters. The second-order valence-corrected chi connectivity index (χ2v) is 4.41. The number of hydrogen-bond donors (Lipinski definition) is 0. The number of benzene rings is 1. The quantitative estimate of drug-likeness (QED) is 0.317. The van der Waals surface area contributed by atoms with Gasteiger partial charge in [0.25, 0.3) is 5.69 Å². The van der Waals surface area contributed by atoms with Gasteiger partial charge in [0.1, 0.15) is 5.69 Å². The van der Waals surface area contributed by atoms with Gasteiger partial charge in [-0.05, 0) is 26.0 Å². The Hall–Kier alpha value is -2.65. The number of non-ortho nitro benzene ring substituents is 1. The molecule has 23 heavy (non-hydrogen) atoms. The zero-order chi connectivity index (χ0) is 16.8. The fourth-order valence-electron chi connectivity index (χ4n) is 2.02. The van der Waals surface area contributed by atoms with Crippen molar-refractivity contribution in [3.8, 4) is 5.69 Å². The highest BCUT2D eigenvalue weighted by Gasteiger charge is 2.24. The molecule has 0 saturated carbocycles. The van der Waals surface area contributed by atoms with Gasteiger partial charge in [-0.1, -0.05) is 5.21 Å². The van der Waals surface area contributed by atoms with Crippen LogP contribution in [0.2, 0.25) is 0 Å². The van der Waals surface area contributed by atoms with Gasteiger partial charge in [-0.25, -0.2) is 4.68 Å². The molecule has 0 bridgehead atoms. The van der Waals surface area contributed by atoms with E-state index in [-0.39, 0.29) is 11.4 Å². The number of carbonyl (C=O) groups is 1. The van der Waals surface area contributed by atoms with Gasteiger partial charge < -0.3 is 9.47 Å². The molecule has 0 aliphatic carbocycles. The Kier molecular flexibility index (Phi) is 5.50. The first kappa shape index (κ1) is 16.7. The highest BCUT2D eigenvalue weighted by atomic mass is 16.7. The third kappa shape index (κ3) is 3.58. The van der Waals surface area contributed by atoms with Gasteiger partial charge in [0.05, 0.1) is 10.6 Å². The van der Waals surface area contributed by atoms with Crippen LogP contribution < -0.4 is 0 Å². The molecule has 122 valence electrons. The normalized spacial score (nSPS) is 10.9. The summed E-state index contributed by atoms with van der Waals surface area (Å²) in [5.74, 6) is 0. The van der Waals surface area contributed by atoms with Crippen molar-refractivity contribution in [1.29, 1.82) is 0 Å². The second-order valence-electron chi connectivity index (χ2n) is 4.41. The van der Waals surface area contributed by atoms with E-state index in [0.717, 1.165) is 0 Å². The second kappa shape index (κ2) is 7.56. The van der Waals surface area contributed by atoms with E-state index in [0.29, 0.717) is 30.9 Å². The van der Waals surface area contributed by atoms with Gasteiger partial charge in [0, 0.05) is 25.3 Å². The van der Waals surface area contributed by atoms with E-state index in [4.69, 9.17) is 9.47 Å². The first-order valence-corrected chi connectivity index (χ1v) is 7.01. The molecule has 9 heteroatoms. The number of nitro groups is 1. The molecule has 2 aromatic rings. The number of ether oxygens (including phenoxy) is 2. The van der Waals surface area contributed by atoms with Gasteiger partial charge in [-0.2, -0.15) is 0 Å². The summed E-state index contributed by atoms with van der Waals surface area (Å²) >= 11 is 0. The number of carbonyl (C=O) groups excluding carboxylic acids is 1. The molecule has 0 radical (unpaired) electrons. The summed E-state index contributed by atoms with van der Waals surface area (Å²) in [6, 6.07) is 5.72. The van der Waals surface area contributed by atoms with Crippen LogP contribution in [-0.2, 0) is 9.47 Å². The van der Waals surface area contributed by atoms with Crippen molar-refractivity contribution in [3.63, 3.8) is 0 Å². The van der Waals surface area contributed by atoms with Gasteiger partial charge >= 0.3 is 0 Å². The van der Waals surface area contributed by atoms with Crippen LogP contribution in [0.15, 0.2) is 24.3 Å². The van der Waals surface area contributed by atoms with Crippen molar-refractivity contribution in [2.24, 2.45) is 0 Å². The molecule has 0 aliphatic heterocycles. The number of aromatic nitrogens is 3. The van der Waals surface area contributed by atoms with Gasteiger partial charge in [-0.3, -0.25) is 14.9 Å². The third-order valence-electron chi connectivity index (χ3n) is 3.01. The van der Waals surface area contributed by atoms with Crippen LogP contribution in [0.1, 0.15) is 36.3 Å². The Bertz CT molecular complexity index is 677. The van der Waals surface area contributed by atoms with E-state index in [2.05, 4.69) is 10.3 Å². The minimum atomic E-state index is -0.810. The average molecular weight is 320 g/mol. The summed E-state index contributed by atoms with van der Waals surface area (Å²) in [7, 11) is 0. The smallest absolute Gasteiger partial charge is 0.269 e. The first-order chi connectivity index (χ1) is 11.1. The van der Waals surface area contributed by atoms with Crippen molar-refractivity contribution in [2.75, 3.05) is 13.2 Å². The largest absolute Gasteiger partial charge is 0.347 e. The molecule has 0 unspecified atom stereocenters. The summed E-state index contributed by atoms with van der Waals surface area (Å²) < 4.78 is 12.4. The lowest BCUT2D eigenvalue weighted by Crippen LogP contribution is -2.15. The Morgan fingerprint density at radius 3 is 2.35 bits per heavy atom. The molecule has 0 saturated heterocycles. The van der Waals surface area contributed by atoms with Crippen LogP contribution in [0.4, 0.5) is 5.69 Å². The predicted molar refractivity (Wildman–Crippen MR) is 79.4 cm³/mol. The molecule has 0 fully saturated rings. The van der Waals surface area contributed by atoms with Crippen LogP contribution >= 0.6 is 0 Å². The third-order valence-corrected chi connectivity index (χ3v) is 3.01. The monoisotopic (exact) mass is 320 g/mol. The van der Waals surface area contributed by atoms with Crippen molar-refractivity contribution in [1.82, 2.24) is 15.0 Å². The summed E-state index contributed by atoms with van der Waals surface area (Å²) in [6.07, 6.45) is -0.245. The maximum absolute atomic E-state index is 11.2. The van der Waals surface area contributed by atoms with E-state index in [1.165, 1.54) is 28.9 Å². The van der Waals surface area contributed by atoms with Crippen LogP contribution in [0.5, 0.6) is 0 Å². The van der Waals surface area contributed by atoms with Crippen LogP contribution in [0, 0.1) is 10.1 Å². The van der Waals surface area contributed by atoms with E-state index in [1.54, 1.807) is 13.8 Å². The van der Waals surface area contributed by atoms with E-state index < -0.39 is 11.2 Å². The molecular weight excluding hydrogens is 304 g/mol. The maximum Gasteiger partial charge on any atom is 0.269 e. The minimum Gasteiger partial charge on any atom is -0.347 e. The molecule has 1 heterocycles. The lowest BCUT2D eigenvalue weighted by Gasteiger charge is -2.18. The number of nitrogens with zero attached hydrogens (tertiary/aromatic N) is 4. The van der Waals surface area contributed by atoms with Crippen LogP contribution in [-0.4, -0.2) is 39.4 Å². The Morgan fingerprint density at radius 1 is 1.26 bits per heavy atom. The number of aldehydes is 1. The number of rotatable bonds is 8.